The molecule has 1 heterocycles. The minimum absolute atomic E-state index is 0.218. The molecule has 5 nitrogen and oxygen atoms in total. The van der Waals surface area contributed by atoms with Crippen molar-refractivity contribution in [3.63, 3.8) is 0 Å². The third-order valence-corrected chi connectivity index (χ3v) is 4.56. The number of aromatic nitrogens is 1. The van der Waals surface area contributed by atoms with Crippen LogP contribution in [0.5, 0.6) is 11.5 Å². The fourth-order valence-electron chi connectivity index (χ4n) is 2.40. The third kappa shape index (κ3) is 5.43. The van der Waals surface area contributed by atoms with Crippen molar-refractivity contribution in [1.29, 1.82) is 0 Å². The van der Waals surface area contributed by atoms with Crippen molar-refractivity contribution >= 4 is 29.0 Å². The number of carbonyl (C=O) groups excluding carboxylic acids is 1. The molecule has 6 heteroatoms. The van der Waals surface area contributed by atoms with Crippen LogP contribution in [0.15, 0.2) is 60.0 Å². The molecule has 3 aromatic rings. The largest absolute Gasteiger partial charge is 0.497 e. The molecule has 1 N–H and O–H groups in total. The van der Waals surface area contributed by atoms with Crippen LogP contribution in [0.4, 0.5) is 5.69 Å². The van der Waals surface area contributed by atoms with Gasteiger partial charge in [-0.15, -0.1) is 11.3 Å². The van der Waals surface area contributed by atoms with E-state index in [1.165, 1.54) is 6.08 Å². The highest BCUT2D eigenvalue weighted by Gasteiger charge is 2.04. The number of rotatable bonds is 7. The smallest absolute Gasteiger partial charge is 0.248 e. The van der Waals surface area contributed by atoms with Gasteiger partial charge in [-0.1, -0.05) is 18.2 Å². The molecule has 0 fully saturated rings. The molecule has 1 amide bonds. The van der Waals surface area contributed by atoms with Crippen LogP contribution in [0.25, 0.3) is 6.08 Å². The zero-order valence-electron chi connectivity index (χ0n) is 15.1. The van der Waals surface area contributed by atoms with Crippen molar-refractivity contribution in [3.05, 3.63) is 76.3 Å². The van der Waals surface area contributed by atoms with Crippen LogP contribution in [0.3, 0.4) is 0 Å². The predicted octanol–water partition coefficient (Wildman–Crippen LogP) is 4.69. The van der Waals surface area contributed by atoms with Crippen molar-refractivity contribution in [2.75, 3.05) is 12.4 Å². The molecule has 0 aliphatic heterocycles. The minimum atomic E-state index is -0.218. The van der Waals surface area contributed by atoms with Crippen LogP contribution < -0.4 is 14.8 Å². The Morgan fingerprint density at radius 1 is 1.19 bits per heavy atom. The summed E-state index contributed by atoms with van der Waals surface area (Å²) < 4.78 is 11.0. The Bertz CT molecular complexity index is 933. The molecular formula is C21H20N2O3S. The third-order valence-electron chi connectivity index (χ3n) is 3.73. The molecule has 0 atom stereocenters. The van der Waals surface area contributed by atoms with Crippen molar-refractivity contribution in [2.24, 2.45) is 0 Å². The molecule has 0 bridgehead atoms. The van der Waals surface area contributed by atoms with E-state index in [1.807, 2.05) is 36.6 Å². The summed E-state index contributed by atoms with van der Waals surface area (Å²) in [5, 5.41) is 5.81. The maximum absolute atomic E-state index is 12.2. The zero-order chi connectivity index (χ0) is 19.1. The van der Waals surface area contributed by atoms with E-state index in [0.29, 0.717) is 18.0 Å². The molecular weight excluding hydrogens is 360 g/mol. The number of nitrogens with one attached hydrogen (secondary N) is 1. The van der Waals surface area contributed by atoms with Crippen LogP contribution in [-0.4, -0.2) is 18.0 Å². The fraction of sp³-hybridized carbons (Fsp3) is 0.143. The summed E-state index contributed by atoms with van der Waals surface area (Å²) in [4.78, 5) is 16.5. The highest BCUT2D eigenvalue weighted by molar-refractivity contribution is 7.09. The number of thiazole rings is 1. The number of benzene rings is 2. The second-order valence-electron chi connectivity index (χ2n) is 5.74. The lowest BCUT2D eigenvalue weighted by Crippen LogP contribution is -2.07. The Morgan fingerprint density at radius 3 is 2.67 bits per heavy atom. The molecule has 0 saturated carbocycles. The lowest BCUT2D eigenvalue weighted by atomic mass is 10.2. The first kappa shape index (κ1) is 18.7. The van der Waals surface area contributed by atoms with E-state index in [0.717, 1.165) is 22.0 Å². The summed E-state index contributed by atoms with van der Waals surface area (Å²) in [6, 6.07) is 14.7. The molecule has 27 heavy (non-hydrogen) atoms. The number of carbonyl (C=O) groups is 1. The molecule has 1 aromatic heterocycles. The molecule has 0 unspecified atom stereocenters. The van der Waals surface area contributed by atoms with E-state index in [1.54, 1.807) is 48.8 Å². The Balaban J connectivity index is 1.62. The first-order chi connectivity index (χ1) is 13.1. The molecule has 3 rings (SSSR count). The van der Waals surface area contributed by atoms with Gasteiger partial charge < -0.3 is 14.8 Å². The summed E-state index contributed by atoms with van der Waals surface area (Å²) in [5.41, 5.74) is 2.43. The van der Waals surface area contributed by atoms with E-state index in [9.17, 15) is 4.79 Å². The Hall–Kier alpha value is -3.12. The lowest BCUT2D eigenvalue weighted by molar-refractivity contribution is -0.111. The summed E-state index contributed by atoms with van der Waals surface area (Å²) >= 11 is 1.60. The first-order valence-corrected chi connectivity index (χ1v) is 9.28. The maximum Gasteiger partial charge on any atom is 0.248 e. The Morgan fingerprint density at radius 2 is 1.96 bits per heavy atom. The van der Waals surface area contributed by atoms with Gasteiger partial charge >= 0.3 is 0 Å². The van der Waals surface area contributed by atoms with Crippen molar-refractivity contribution in [1.82, 2.24) is 4.98 Å². The number of ether oxygens (including phenoxy) is 2. The number of nitrogens with zero attached hydrogens (tertiary/aromatic N) is 1. The van der Waals surface area contributed by atoms with E-state index < -0.39 is 0 Å². The normalized spacial score (nSPS) is 10.7. The summed E-state index contributed by atoms with van der Waals surface area (Å²) in [7, 11) is 1.60. The second kappa shape index (κ2) is 9.00. The number of hydrogen-bond donors (Lipinski definition) is 1. The maximum atomic E-state index is 12.2. The van der Waals surface area contributed by atoms with E-state index in [2.05, 4.69) is 10.3 Å². The van der Waals surface area contributed by atoms with E-state index in [-0.39, 0.29) is 5.91 Å². The van der Waals surface area contributed by atoms with Gasteiger partial charge in [-0.2, -0.15) is 0 Å². The molecule has 2 aromatic carbocycles. The zero-order valence-corrected chi connectivity index (χ0v) is 16.0. The average molecular weight is 380 g/mol. The van der Waals surface area contributed by atoms with Gasteiger partial charge in [-0.3, -0.25) is 4.79 Å². The number of para-hydroxylation sites is 1. The van der Waals surface area contributed by atoms with Gasteiger partial charge in [0.05, 0.1) is 17.8 Å². The summed E-state index contributed by atoms with van der Waals surface area (Å²) in [5.74, 6) is 1.23. The van der Waals surface area contributed by atoms with Gasteiger partial charge in [0.1, 0.15) is 18.1 Å². The summed E-state index contributed by atoms with van der Waals surface area (Å²) in [6.07, 6.45) is 3.22. The van der Waals surface area contributed by atoms with Gasteiger partial charge in [0.15, 0.2) is 0 Å². The number of amides is 1. The van der Waals surface area contributed by atoms with Gasteiger partial charge in [-0.05, 0) is 43.3 Å². The molecule has 0 saturated heterocycles. The average Bonchev–Trinajstić information content (AvgIpc) is 3.11. The standard InChI is InChI=1S/C21H20N2O3S/c1-15-22-18(14-27-15)13-26-20-6-4-3-5-16(20)7-12-21(24)23-17-8-10-19(25-2)11-9-17/h3-12,14H,13H2,1-2H3,(H,23,24)/b12-7+. The van der Waals surface area contributed by atoms with Gasteiger partial charge in [-0.25, -0.2) is 4.98 Å². The van der Waals surface area contributed by atoms with Crippen LogP contribution in [-0.2, 0) is 11.4 Å². The van der Waals surface area contributed by atoms with Crippen LogP contribution in [0.2, 0.25) is 0 Å². The molecule has 0 aliphatic rings. The number of anilines is 1. The monoisotopic (exact) mass is 380 g/mol. The molecule has 0 aliphatic carbocycles. The van der Waals surface area contributed by atoms with Crippen molar-refractivity contribution in [2.45, 2.75) is 13.5 Å². The van der Waals surface area contributed by atoms with Crippen LogP contribution >= 0.6 is 11.3 Å². The van der Waals surface area contributed by atoms with E-state index >= 15 is 0 Å². The minimum Gasteiger partial charge on any atom is -0.497 e. The Kier molecular flexibility index (Phi) is 6.22. The molecule has 0 radical (unpaired) electrons. The predicted molar refractivity (Wildman–Crippen MR) is 108 cm³/mol. The second-order valence-corrected chi connectivity index (χ2v) is 6.80. The first-order valence-electron chi connectivity index (χ1n) is 8.40. The topological polar surface area (TPSA) is 60.5 Å². The fourth-order valence-corrected chi connectivity index (χ4v) is 3.00. The van der Waals surface area contributed by atoms with Crippen LogP contribution in [0.1, 0.15) is 16.3 Å². The van der Waals surface area contributed by atoms with Crippen LogP contribution in [0, 0.1) is 6.92 Å². The summed E-state index contributed by atoms with van der Waals surface area (Å²) in [6.45, 7) is 2.36. The van der Waals surface area contributed by atoms with E-state index in [4.69, 9.17) is 9.47 Å². The molecule has 138 valence electrons. The number of hydrogen-bond acceptors (Lipinski definition) is 5. The highest BCUT2D eigenvalue weighted by Crippen LogP contribution is 2.21. The van der Waals surface area contributed by atoms with Crippen molar-refractivity contribution in [3.8, 4) is 11.5 Å². The van der Waals surface area contributed by atoms with Gasteiger partial charge in [0, 0.05) is 22.7 Å². The lowest BCUT2D eigenvalue weighted by Gasteiger charge is -2.08. The molecule has 0 spiro atoms. The number of methoxy groups -OCH3 is 1. The SMILES string of the molecule is COc1ccc(NC(=O)/C=C/c2ccccc2OCc2csc(C)n2)cc1. The Labute approximate surface area is 162 Å². The van der Waals surface area contributed by atoms with Gasteiger partial charge in [0.2, 0.25) is 5.91 Å². The van der Waals surface area contributed by atoms with Crippen molar-refractivity contribution < 1.29 is 14.3 Å². The quantitative estimate of drug-likeness (QED) is 0.604. The van der Waals surface area contributed by atoms with Gasteiger partial charge in [0.25, 0.3) is 0 Å². The number of aryl methyl sites for hydroxylation is 1. The highest BCUT2D eigenvalue weighted by atomic mass is 32.1.